The molecule has 0 bridgehead atoms. The van der Waals surface area contributed by atoms with Crippen LogP contribution in [0.1, 0.15) is 5.69 Å². The van der Waals surface area contributed by atoms with Crippen molar-refractivity contribution in [3.05, 3.63) is 35.1 Å². The van der Waals surface area contributed by atoms with Gasteiger partial charge >= 0.3 is 5.97 Å². The average molecular weight is 394 g/mol. The number of sulfonamides is 1. The molecular weight excluding hydrogens is 383 g/mol. The molecule has 0 radical (unpaired) electrons. The minimum Gasteiger partial charge on any atom is -0.481 e. The van der Waals surface area contributed by atoms with E-state index in [4.69, 9.17) is 5.11 Å². The second-order valence-corrected chi connectivity index (χ2v) is 9.18. The first-order valence-electron chi connectivity index (χ1n) is 6.17. The summed E-state index contributed by atoms with van der Waals surface area (Å²) in [6.07, 6.45) is 0.403. The fraction of sp³-hybridized carbons (Fsp3) is 0.167. The van der Waals surface area contributed by atoms with Crippen molar-refractivity contribution in [1.82, 2.24) is 4.98 Å². The molecular formula is C12H11FN2O6S3. The van der Waals surface area contributed by atoms with Crippen molar-refractivity contribution in [3.8, 4) is 0 Å². The van der Waals surface area contributed by atoms with Crippen molar-refractivity contribution in [2.24, 2.45) is 0 Å². The molecule has 0 unspecified atom stereocenters. The smallest absolute Gasteiger partial charge is 0.309 e. The van der Waals surface area contributed by atoms with Gasteiger partial charge in [-0.1, -0.05) is 0 Å². The van der Waals surface area contributed by atoms with E-state index in [1.165, 1.54) is 5.38 Å². The van der Waals surface area contributed by atoms with E-state index in [2.05, 4.69) is 4.98 Å². The highest BCUT2D eigenvalue weighted by atomic mass is 32.2. The largest absolute Gasteiger partial charge is 0.481 e. The molecule has 0 atom stereocenters. The molecule has 0 aliphatic carbocycles. The van der Waals surface area contributed by atoms with Crippen LogP contribution >= 0.6 is 11.3 Å². The number of aliphatic carboxylic acids is 1. The molecule has 0 fully saturated rings. The van der Waals surface area contributed by atoms with Crippen molar-refractivity contribution in [2.75, 3.05) is 11.0 Å². The first-order valence-corrected chi connectivity index (χ1v) is 10.4. The number of benzene rings is 1. The lowest BCUT2D eigenvalue weighted by Gasteiger charge is -2.09. The van der Waals surface area contributed by atoms with Gasteiger partial charge in [0.2, 0.25) is 0 Å². The van der Waals surface area contributed by atoms with Crippen LogP contribution in [-0.4, -0.2) is 39.2 Å². The van der Waals surface area contributed by atoms with Gasteiger partial charge in [0, 0.05) is 11.6 Å². The second kappa shape index (κ2) is 6.45. The summed E-state index contributed by atoms with van der Waals surface area (Å²) >= 11 is 0.823. The summed E-state index contributed by atoms with van der Waals surface area (Å²) in [6, 6.07) is 2.28. The highest BCUT2D eigenvalue weighted by Gasteiger charge is 2.25. The van der Waals surface area contributed by atoms with E-state index in [0.717, 1.165) is 29.7 Å². The van der Waals surface area contributed by atoms with Crippen LogP contribution in [0, 0.1) is 5.82 Å². The third-order valence-electron chi connectivity index (χ3n) is 2.70. The summed E-state index contributed by atoms with van der Waals surface area (Å²) < 4.78 is 63.5. The number of halogens is 1. The Labute approximate surface area is 141 Å². The fourth-order valence-electron chi connectivity index (χ4n) is 1.76. The highest BCUT2D eigenvalue weighted by molar-refractivity contribution is 7.95. The minimum atomic E-state index is -4.43. The SMILES string of the molecule is CS(=O)(=O)c1ccc(F)cc1S(=O)(=O)Nc1nc(CC(=O)O)cs1. The van der Waals surface area contributed by atoms with Crippen LogP contribution in [0.15, 0.2) is 33.4 Å². The standard InChI is InChI=1S/C12H11FN2O6S3/c1-23(18,19)9-3-2-7(13)4-10(9)24(20,21)15-12-14-8(6-22-12)5-11(16)17/h2-4,6H,5H2,1H3,(H,14,15)(H,16,17). The zero-order chi connectivity index (χ0) is 18.1. The number of carboxylic acids is 1. The van der Waals surface area contributed by atoms with E-state index in [0.29, 0.717) is 6.07 Å². The van der Waals surface area contributed by atoms with Crippen LogP contribution in [0.2, 0.25) is 0 Å². The van der Waals surface area contributed by atoms with Gasteiger partial charge in [-0.3, -0.25) is 9.52 Å². The summed E-state index contributed by atoms with van der Waals surface area (Å²) in [4.78, 5) is 13.1. The molecule has 0 spiro atoms. The number of thiazole rings is 1. The van der Waals surface area contributed by atoms with Gasteiger partial charge in [-0.25, -0.2) is 26.2 Å². The summed E-state index contributed by atoms with van der Waals surface area (Å²) in [5.74, 6) is -2.06. The molecule has 0 saturated carbocycles. The summed E-state index contributed by atoms with van der Waals surface area (Å²) in [6.45, 7) is 0. The van der Waals surface area contributed by atoms with E-state index in [9.17, 15) is 26.0 Å². The Morgan fingerprint density at radius 3 is 2.54 bits per heavy atom. The summed E-state index contributed by atoms with van der Waals surface area (Å²) in [5.41, 5.74) is 0.132. The Kier molecular flexibility index (Phi) is 4.92. The average Bonchev–Trinajstić information content (AvgIpc) is 2.82. The molecule has 0 amide bonds. The zero-order valence-electron chi connectivity index (χ0n) is 12.1. The van der Waals surface area contributed by atoms with Gasteiger partial charge in [0.15, 0.2) is 15.0 Å². The first kappa shape index (κ1) is 18.3. The van der Waals surface area contributed by atoms with Gasteiger partial charge in [0.05, 0.1) is 17.0 Å². The third kappa shape index (κ3) is 4.27. The van der Waals surface area contributed by atoms with Gasteiger partial charge in [0.1, 0.15) is 10.7 Å². The van der Waals surface area contributed by atoms with E-state index >= 15 is 0 Å². The molecule has 2 aromatic rings. The predicted octanol–water partition coefficient (Wildman–Crippen LogP) is 1.11. The normalized spacial score (nSPS) is 12.1. The fourth-order valence-corrected chi connectivity index (χ4v) is 5.34. The monoisotopic (exact) mass is 394 g/mol. The number of rotatable bonds is 6. The number of carboxylic acid groups (broad SMARTS) is 1. The predicted molar refractivity (Wildman–Crippen MR) is 83.8 cm³/mol. The lowest BCUT2D eigenvalue weighted by atomic mass is 10.3. The molecule has 0 aliphatic heterocycles. The van der Waals surface area contributed by atoms with Gasteiger partial charge < -0.3 is 5.11 Å². The molecule has 2 N–H and O–H groups in total. The summed E-state index contributed by atoms with van der Waals surface area (Å²) in [7, 11) is -8.35. The molecule has 24 heavy (non-hydrogen) atoms. The van der Waals surface area contributed by atoms with Crippen LogP contribution in [0.5, 0.6) is 0 Å². The molecule has 130 valence electrons. The maximum Gasteiger partial charge on any atom is 0.309 e. The lowest BCUT2D eigenvalue weighted by molar-refractivity contribution is -0.136. The van der Waals surface area contributed by atoms with E-state index in [-0.39, 0.29) is 10.8 Å². The van der Waals surface area contributed by atoms with Gasteiger partial charge in [-0.15, -0.1) is 11.3 Å². The Morgan fingerprint density at radius 1 is 1.29 bits per heavy atom. The third-order valence-corrected chi connectivity index (χ3v) is 6.30. The van der Waals surface area contributed by atoms with Gasteiger partial charge in [0.25, 0.3) is 10.0 Å². The summed E-state index contributed by atoms with van der Waals surface area (Å²) in [5, 5.41) is 9.85. The number of hydrogen-bond acceptors (Lipinski definition) is 7. The number of nitrogens with zero attached hydrogens (tertiary/aromatic N) is 1. The van der Waals surface area contributed by atoms with Gasteiger partial charge in [-0.05, 0) is 18.2 Å². The molecule has 12 heteroatoms. The first-order chi connectivity index (χ1) is 11.0. The van der Waals surface area contributed by atoms with E-state index in [1.54, 1.807) is 0 Å². The lowest BCUT2D eigenvalue weighted by Crippen LogP contribution is -2.17. The molecule has 8 nitrogen and oxygen atoms in total. The Hall–Kier alpha value is -2.05. The number of aromatic nitrogens is 1. The number of carbonyl (C=O) groups is 1. The number of anilines is 1. The quantitative estimate of drug-likeness (QED) is 0.702. The number of sulfone groups is 1. The molecule has 1 heterocycles. The maximum atomic E-state index is 13.4. The van der Waals surface area contributed by atoms with Crippen LogP contribution in [0.3, 0.4) is 0 Å². The van der Waals surface area contributed by atoms with Crippen LogP contribution < -0.4 is 4.72 Å². The topological polar surface area (TPSA) is 130 Å². The van der Waals surface area contributed by atoms with Crippen LogP contribution in [0.25, 0.3) is 0 Å². The molecule has 0 saturated heterocycles. The Balaban J connectivity index is 2.43. The zero-order valence-corrected chi connectivity index (χ0v) is 14.5. The van der Waals surface area contributed by atoms with E-state index in [1.807, 2.05) is 4.72 Å². The van der Waals surface area contributed by atoms with Crippen molar-refractivity contribution in [3.63, 3.8) is 0 Å². The van der Waals surface area contributed by atoms with Crippen LogP contribution in [-0.2, 0) is 31.1 Å². The van der Waals surface area contributed by atoms with Crippen molar-refractivity contribution < 1.29 is 31.1 Å². The molecule has 1 aromatic heterocycles. The highest BCUT2D eigenvalue weighted by Crippen LogP contribution is 2.26. The molecule has 1 aromatic carbocycles. The minimum absolute atomic E-state index is 0.132. The van der Waals surface area contributed by atoms with Crippen molar-refractivity contribution >= 4 is 42.3 Å². The number of hydrogen-bond donors (Lipinski definition) is 2. The maximum absolute atomic E-state index is 13.4. The van der Waals surface area contributed by atoms with Crippen LogP contribution in [0.4, 0.5) is 9.52 Å². The Bertz CT molecular complexity index is 998. The number of nitrogens with one attached hydrogen (secondary N) is 1. The molecule has 2 rings (SSSR count). The molecule has 0 aliphatic rings. The van der Waals surface area contributed by atoms with Crippen molar-refractivity contribution in [1.29, 1.82) is 0 Å². The van der Waals surface area contributed by atoms with Gasteiger partial charge in [-0.2, -0.15) is 0 Å². The van der Waals surface area contributed by atoms with Crippen molar-refractivity contribution in [2.45, 2.75) is 16.2 Å². The second-order valence-electron chi connectivity index (χ2n) is 4.68. The van der Waals surface area contributed by atoms with E-state index < -0.39 is 47.9 Å². The Morgan fingerprint density at radius 2 is 1.96 bits per heavy atom.